The first-order valence-electron chi connectivity index (χ1n) is 8.28. The molecule has 0 saturated carbocycles. The van der Waals surface area contributed by atoms with Gasteiger partial charge in [0.25, 0.3) is 0 Å². The van der Waals surface area contributed by atoms with Crippen molar-refractivity contribution in [3.05, 3.63) is 24.2 Å². The maximum absolute atomic E-state index is 12.4. The van der Waals surface area contributed by atoms with E-state index in [1.165, 1.54) is 0 Å². The number of rotatable bonds is 4. The Bertz CT molecular complexity index is 863. The first-order valence-corrected chi connectivity index (χ1v) is 9.69. The van der Waals surface area contributed by atoms with E-state index in [9.17, 15) is 26.4 Å². The van der Waals surface area contributed by atoms with E-state index < -0.39 is 33.2 Å². The van der Waals surface area contributed by atoms with Gasteiger partial charge in [-0.05, 0) is 45.6 Å². The number of halogens is 3. The molecule has 156 valence electrons. The molecule has 1 aliphatic rings. The molecule has 0 radical (unpaired) electrons. The minimum absolute atomic E-state index is 0.165. The van der Waals surface area contributed by atoms with Gasteiger partial charge in [0, 0.05) is 12.1 Å². The van der Waals surface area contributed by atoms with Gasteiger partial charge in [-0.25, -0.2) is 14.8 Å². The molecule has 1 aliphatic carbocycles. The van der Waals surface area contributed by atoms with Gasteiger partial charge in [-0.1, -0.05) is 6.08 Å². The van der Waals surface area contributed by atoms with Crippen molar-refractivity contribution in [3.8, 4) is 5.88 Å². The van der Waals surface area contributed by atoms with Gasteiger partial charge in [-0.15, -0.1) is 0 Å². The molecule has 0 saturated heterocycles. The Balaban J connectivity index is 2.04. The third-order valence-electron chi connectivity index (χ3n) is 3.58. The molecule has 28 heavy (non-hydrogen) atoms. The molecule has 1 N–H and O–H groups in total. The van der Waals surface area contributed by atoms with Crippen LogP contribution in [0.3, 0.4) is 0 Å². The highest BCUT2D eigenvalue weighted by molar-refractivity contribution is 7.87. The number of carbonyl (C=O) groups is 1. The molecule has 1 amide bonds. The number of carbonyl (C=O) groups excluding carboxylic acids is 1. The zero-order valence-electron chi connectivity index (χ0n) is 15.4. The summed E-state index contributed by atoms with van der Waals surface area (Å²) >= 11 is 0. The summed E-state index contributed by atoms with van der Waals surface area (Å²) < 4.78 is 68.6. The maximum atomic E-state index is 12.4. The van der Waals surface area contributed by atoms with E-state index in [0.717, 1.165) is 12.4 Å². The van der Waals surface area contributed by atoms with E-state index in [2.05, 4.69) is 19.5 Å². The van der Waals surface area contributed by atoms with E-state index in [1.54, 1.807) is 26.8 Å². The molecule has 1 aromatic rings. The summed E-state index contributed by atoms with van der Waals surface area (Å²) in [4.78, 5) is 19.1. The molecule has 8 nitrogen and oxygen atoms in total. The van der Waals surface area contributed by atoms with E-state index in [1.807, 2.05) is 0 Å². The van der Waals surface area contributed by atoms with Crippen molar-refractivity contribution in [2.45, 2.75) is 57.2 Å². The summed E-state index contributed by atoms with van der Waals surface area (Å²) in [6.45, 7) is 5.25. The number of alkyl halides is 3. The number of aromatic nitrogens is 2. The molecule has 1 heterocycles. The molecule has 0 aromatic carbocycles. The fourth-order valence-electron chi connectivity index (χ4n) is 2.39. The largest absolute Gasteiger partial charge is 0.534 e. The van der Waals surface area contributed by atoms with Gasteiger partial charge in [0.1, 0.15) is 11.9 Å². The minimum atomic E-state index is -5.81. The van der Waals surface area contributed by atoms with Crippen LogP contribution in [-0.4, -0.2) is 41.6 Å². The number of hydrogen-bond acceptors (Lipinski definition) is 7. The third kappa shape index (κ3) is 6.08. The van der Waals surface area contributed by atoms with Gasteiger partial charge in [-0.2, -0.15) is 21.6 Å². The topological polar surface area (TPSA) is 107 Å². The minimum Gasteiger partial charge on any atom is -0.444 e. The monoisotopic (exact) mass is 423 g/mol. The van der Waals surface area contributed by atoms with Gasteiger partial charge < -0.3 is 14.2 Å². The lowest BCUT2D eigenvalue weighted by Gasteiger charge is -2.25. The van der Waals surface area contributed by atoms with E-state index in [-0.39, 0.29) is 11.7 Å². The van der Waals surface area contributed by atoms with Crippen LogP contribution < -0.4 is 9.50 Å². The summed E-state index contributed by atoms with van der Waals surface area (Å²) in [7, 11) is -5.81. The predicted molar refractivity (Wildman–Crippen MR) is 92.6 cm³/mol. The highest BCUT2D eigenvalue weighted by Gasteiger charge is 2.48. The van der Waals surface area contributed by atoms with Crippen LogP contribution in [0.2, 0.25) is 0 Å². The normalized spacial score (nSPS) is 18.2. The molecular formula is C16H20F3N3O5S. The molecule has 12 heteroatoms. The number of ether oxygens (including phenoxy) is 1. The van der Waals surface area contributed by atoms with Crippen LogP contribution in [0.25, 0.3) is 5.57 Å². The second-order valence-electron chi connectivity index (χ2n) is 7.07. The van der Waals surface area contributed by atoms with Gasteiger partial charge in [0.05, 0.1) is 5.69 Å². The average molecular weight is 423 g/mol. The van der Waals surface area contributed by atoms with Crippen LogP contribution in [0, 0.1) is 0 Å². The molecule has 0 fully saturated rings. The summed E-state index contributed by atoms with van der Waals surface area (Å²) in [6, 6.07) is 0.860. The number of allylic oxidation sites excluding steroid dienone is 1. The lowest BCUT2D eigenvalue weighted by atomic mass is 9.93. The number of hydrogen-bond donors (Lipinski definition) is 1. The Morgan fingerprint density at radius 3 is 2.46 bits per heavy atom. The zero-order chi connectivity index (χ0) is 21.2. The second kappa shape index (κ2) is 7.94. The standard InChI is InChI=1S/C16H20F3N3O5S/c1-15(2,3)26-14(23)22-11-6-4-10(5-7-11)12-8-13(21-9-20-12)27-28(24,25)16(17,18)19/h4,8-9,11H,5-7H2,1-3H3,(H,22,23). The van der Waals surface area contributed by atoms with Crippen molar-refractivity contribution < 1.29 is 35.3 Å². The molecule has 2 rings (SSSR count). The van der Waals surface area contributed by atoms with Crippen molar-refractivity contribution in [2.75, 3.05) is 0 Å². The first kappa shape index (κ1) is 21.9. The highest BCUT2D eigenvalue weighted by Crippen LogP contribution is 2.29. The van der Waals surface area contributed by atoms with Crippen LogP contribution in [0.5, 0.6) is 5.88 Å². The number of alkyl carbamates (subject to hydrolysis) is 1. The van der Waals surface area contributed by atoms with Gasteiger partial charge >= 0.3 is 21.7 Å². The maximum Gasteiger partial charge on any atom is 0.534 e. The van der Waals surface area contributed by atoms with E-state index in [4.69, 9.17) is 4.74 Å². The Labute approximate surface area is 160 Å². The van der Waals surface area contributed by atoms with Crippen LogP contribution in [0.1, 0.15) is 45.7 Å². The molecule has 1 unspecified atom stereocenters. The van der Waals surface area contributed by atoms with Crippen LogP contribution >= 0.6 is 0 Å². The summed E-state index contributed by atoms with van der Waals surface area (Å²) in [6.07, 6.45) is 3.60. The number of nitrogens with one attached hydrogen (secondary N) is 1. The first-order chi connectivity index (χ1) is 12.8. The van der Waals surface area contributed by atoms with Crippen molar-refractivity contribution >= 4 is 21.8 Å². The second-order valence-corrected chi connectivity index (χ2v) is 8.61. The predicted octanol–water partition coefficient (Wildman–Crippen LogP) is 3.17. The molecule has 1 aromatic heterocycles. The summed E-state index contributed by atoms with van der Waals surface area (Å²) in [5, 5.41) is 2.74. The lowest BCUT2D eigenvalue weighted by Crippen LogP contribution is -2.39. The average Bonchev–Trinajstić information content (AvgIpc) is 2.52. The van der Waals surface area contributed by atoms with Gasteiger partial charge in [0.15, 0.2) is 0 Å². The third-order valence-corrected chi connectivity index (χ3v) is 4.54. The van der Waals surface area contributed by atoms with Crippen molar-refractivity contribution in [2.24, 2.45) is 0 Å². The molecule has 0 aliphatic heterocycles. The smallest absolute Gasteiger partial charge is 0.444 e. The lowest BCUT2D eigenvalue weighted by molar-refractivity contribution is -0.0501. The van der Waals surface area contributed by atoms with E-state index >= 15 is 0 Å². The van der Waals surface area contributed by atoms with Crippen molar-refractivity contribution in [1.29, 1.82) is 0 Å². The summed E-state index contributed by atoms with van der Waals surface area (Å²) in [5.74, 6) is -0.725. The van der Waals surface area contributed by atoms with Crippen LogP contribution in [0.15, 0.2) is 18.5 Å². The Morgan fingerprint density at radius 2 is 1.93 bits per heavy atom. The number of amides is 1. The quantitative estimate of drug-likeness (QED) is 0.585. The number of nitrogens with zero attached hydrogens (tertiary/aromatic N) is 2. The Kier molecular flexibility index (Phi) is 6.21. The van der Waals surface area contributed by atoms with Crippen LogP contribution in [0.4, 0.5) is 18.0 Å². The zero-order valence-corrected chi connectivity index (χ0v) is 16.2. The fraction of sp³-hybridized carbons (Fsp3) is 0.562. The molecular weight excluding hydrogens is 403 g/mol. The SMILES string of the molecule is CC(C)(C)OC(=O)NC1CC=C(c2cc(OS(=O)(=O)C(F)(F)F)ncn2)CC1. The van der Waals surface area contributed by atoms with E-state index in [0.29, 0.717) is 24.8 Å². The van der Waals surface area contributed by atoms with Crippen LogP contribution in [-0.2, 0) is 14.9 Å². The Hall–Kier alpha value is -2.37. The Morgan fingerprint density at radius 1 is 1.25 bits per heavy atom. The van der Waals surface area contributed by atoms with Gasteiger partial charge in [-0.3, -0.25) is 0 Å². The van der Waals surface area contributed by atoms with Crippen molar-refractivity contribution in [1.82, 2.24) is 15.3 Å². The van der Waals surface area contributed by atoms with Crippen molar-refractivity contribution in [3.63, 3.8) is 0 Å². The molecule has 0 bridgehead atoms. The molecule has 1 atom stereocenters. The molecule has 0 spiro atoms. The van der Waals surface area contributed by atoms with Gasteiger partial charge in [0.2, 0.25) is 5.88 Å². The fourth-order valence-corrected chi connectivity index (χ4v) is 2.80. The summed E-state index contributed by atoms with van der Waals surface area (Å²) in [5.41, 5.74) is -5.24. The highest BCUT2D eigenvalue weighted by atomic mass is 32.2.